The summed E-state index contributed by atoms with van der Waals surface area (Å²) in [5, 5.41) is 18.7. The van der Waals surface area contributed by atoms with Gasteiger partial charge in [-0.3, -0.25) is 4.79 Å². The second-order valence-corrected chi connectivity index (χ2v) is 5.44. The maximum atomic E-state index is 15.2. The summed E-state index contributed by atoms with van der Waals surface area (Å²) in [5.74, 6) is -1.71. The van der Waals surface area contributed by atoms with Gasteiger partial charge in [-0.2, -0.15) is 0 Å². The Bertz CT molecular complexity index is 388. The fourth-order valence-corrected chi connectivity index (χ4v) is 2.46. The van der Waals surface area contributed by atoms with Crippen LogP contribution in [-0.2, 0) is 23.7 Å². The molecule has 0 amide bonds. The molecule has 8 heteroatoms. The third-order valence-corrected chi connectivity index (χ3v) is 3.32. The van der Waals surface area contributed by atoms with Crippen molar-refractivity contribution >= 4 is 5.97 Å². The van der Waals surface area contributed by atoms with Crippen molar-refractivity contribution in [2.75, 3.05) is 13.2 Å². The zero-order valence-electron chi connectivity index (χ0n) is 11.5. The van der Waals surface area contributed by atoms with Crippen LogP contribution in [0.2, 0.25) is 0 Å². The van der Waals surface area contributed by atoms with Crippen molar-refractivity contribution in [3.63, 3.8) is 0 Å². The summed E-state index contributed by atoms with van der Waals surface area (Å²) in [6.07, 6.45) is -5.06. The van der Waals surface area contributed by atoms with Crippen LogP contribution >= 0.6 is 0 Å². The number of alkyl halides is 1. The van der Waals surface area contributed by atoms with E-state index in [0.717, 1.165) is 6.92 Å². The molecule has 0 radical (unpaired) electrons. The van der Waals surface area contributed by atoms with Crippen LogP contribution in [0.25, 0.3) is 0 Å². The van der Waals surface area contributed by atoms with Crippen LogP contribution in [0.1, 0.15) is 20.8 Å². The molecule has 0 unspecified atom stereocenters. The molecular formula is C12H19FO7. The predicted octanol–water partition coefficient (Wildman–Crippen LogP) is -0.513. The minimum absolute atomic E-state index is 0.648. The summed E-state index contributed by atoms with van der Waals surface area (Å²) in [6.45, 7) is 2.99. The van der Waals surface area contributed by atoms with E-state index in [1.54, 1.807) is 13.8 Å². The molecule has 0 aliphatic carbocycles. The van der Waals surface area contributed by atoms with Crippen molar-refractivity contribution in [2.24, 2.45) is 0 Å². The second-order valence-electron chi connectivity index (χ2n) is 5.44. The van der Waals surface area contributed by atoms with Gasteiger partial charge in [0.1, 0.15) is 18.8 Å². The molecular weight excluding hydrogens is 275 g/mol. The van der Waals surface area contributed by atoms with E-state index in [-0.39, 0.29) is 0 Å². The Morgan fingerprint density at radius 2 is 2.10 bits per heavy atom. The van der Waals surface area contributed by atoms with Crippen LogP contribution in [0.15, 0.2) is 0 Å². The highest BCUT2D eigenvalue weighted by Gasteiger charge is 2.66. The van der Waals surface area contributed by atoms with Gasteiger partial charge in [-0.25, -0.2) is 4.39 Å². The first-order chi connectivity index (χ1) is 9.19. The molecule has 2 aliphatic heterocycles. The van der Waals surface area contributed by atoms with Crippen molar-refractivity contribution in [2.45, 2.75) is 56.8 Å². The van der Waals surface area contributed by atoms with E-state index in [1.165, 1.54) is 0 Å². The Hall–Kier alpha value is -0.800. The van der Waals surface area contributed by atoms with Gasteiger partial charge in [0.25, 0.3) is 0 Å². The number of carbonyl (C=O) groups excluding carboxylic acids is 1. The van der Waals surface area contributed by atoms with E-state index < -0.39 is 55.2 Å². The standard InChI is InChI=1S/C12H19FO7/c1-6(15)17-5-12(13)8(7(16)4-14)18-10-9(12)19-11(2,3)20-10/h7-10,14,16H,4-5H2,1-3H3/t7-,8+,9-,10+,12-/m0/s1. The highest BCUT2D eigenvalue weighted by molar-refractivity contribution is 5.66. The van der Waals surface area contributed by atoms with E-state index in [0.29, 0.717) is 0 Å². The van der Waals surface area contributed by atoms with Crippen molar-refractivity contribution in [3.8, 4) is 0 Å². The molecule has 5 atom stereocenters. The van der Waals surface area contributed by atoms with E-state index in [1.807, 2.05) is 0 Å². The minimum Gasteiger partial charge on any atom is -0.462 e. The fraction of sp³-hybridized carbons (Fsp3) is 0.917. The molecule has 0 aromatic carbocycles. The van der Waals surface area contributed by atoms with Gasteiger partial charge in [0.2, 0.25) is 5.67 Å². The molecule has 20 heavy (non-hydrogen) atoms. The first-order valence-corrected chi connectivity index (χ1v) is 6.32. The van der Waals surface area contributed by atoms with Crippen LogP contribution in [0.4, 0.5) is 4.39 Å². The largest absolute Gasteiger partial charge is 0.462 e. The molecule has 7 nitrogen and oxygen atoms in total. The molecule has 2 fully saturated rings. The summed E-state index contributed by atoms with van der Waals surface area (Å²) < 4.78 is 36.0. The lowest BCUT2D eigenvalue weighted by Gasteiger charge is -2.32. The van der Waals surface area contributed by atoms with Crippen LogP contribution in [0.3, 0.4) is 0 Å². The highest BCUT2D eigenvalue weighted by Crippen LogP contribution is 2.46. The molecule has 0 aromatic rings. The monoisotopic (exact) mass is 294 g/mol. The molecule has 2 N–H and O–H groups in total. The fourth-order valence-electron chi connectivity index (χ4n) is 2.46. The Kier molecular flexibility index (Phi) is 4.05. The number of carbonyl (C=O) groups is 1. The third-order valence-electron chi connectivity index (χ3n) is 3.32. The molecule has 116 valence electrons. The smallest absolute Gasteiger partial charge is 0.302 e. The lowest BCUT2D eigenvalue weighted by atomic mass is 9.92. The zero-order valence-corrected chi connectivity index (χ0v) is 11.5. The van der Waals surface area contributed by atoms with Gasteiger partial charge < -0.3 is 29.2 Å². The summed E-state index contributed by atoms with van der Waals surface area (Å²) in [7, 11) is 0. The average molecular weight is 294 g/mol. The Balaban J connectivity index is 2.22. The third kappa shape index (κ3) is 2.66. The lowest BCUT2D eigenvalue weighted by Crippen LogP contribution is -2.54. The summed E-state index contributed by atoms with van der Waals surface area (Å²) in [5.41, 5.74) is -2.30. The number of ether oxygens (including phenoxy) is 4. The topological polar surface area (TPSA) is 94.5 Å². The van der Waals surface area contributed by atoms with Gasteiger partial charge in [-0.1, -0.05) is 0 Å². The zero-order chi connectivity index (χ0) is 15.1. The highest BCUT2D eigenvalue weighted by atomic mass is 19.1. The molecule has 0 saturated carbocycles. The van der Waals surface area contributed by atoms with Crippen LogP contribution < -0.4 is 0 Å². The number of fused-ring (bicyclic) bond motifs is 1. The van der Waals surface area contributed by atoms with Gasteiger partial charge in [0.15, 0.2) is 18.2 Å². The maximum Gasteiger partial charge on any atom is 0.302 e. The van der Waals surface area contributed by atoms with Crippen molar-refractivity contribution in [3.05, 3.63) is 0 Å². The van der Waals surface area contributed by atoms with Crippen LogP contribution in [0, 0.1) is 0 Å². The maximum absolute atomic E-state index is 15.2. The van der Waals surface area contributed by atoms with Gasteiger partial charge in [-0.15, -0.1) is 0 Å². The van der Waals surface area contributed by atoms with E-state index in [4.69, 9.17) is 24.1 Å². The van der Waals surface area contributed by atoms with E-state index >= 15 is 4.39 Å². The number of hydrogen-bond acceptors (Lipinski definition) is 7. The molecule has 2 rings (SSSR count). The summed E-state index contributed by atoms with van der Waals surface area (Å²) in [6, 6.07) is 0. The first-order valence-electron chi connectivity index (χ1n) is 6.32. The molecule has 0 bridgehead atoms. The number of esters is 1. The van der Waals surface area contributed by atoms with Gasteiger partial charge in [0, 0.05) is 6.92 Å². The van der Waals surface area contributed by atoms with Crippen LogP contribution in [0.5, 0.6) is 0 Å². The number of aliphatic hydroxyl groups excluding tert-OH is 2. The van der Waals surface area contributed by atoms with Gasteiger partial charge >= 0.3 is 5.97 Å². The Labute approximate surface area is 115 Å². The van der Waals surface area contributed by atoms with Crippen LogP contribution in [-0.4, -0.2) is 65.5 Å². The Morgan fingerprint density at radius 3 is 2.65 bits per heavy atom. The molecule has 0 aromatic heterocycles. The lowest BCUT2D eigenvalue weighted by molar-refractivity contribution is -0.238. The average Bonchev–Trinajstić information content (AvgIpc) is 2.79. The van der Waals surface area contributed by atoms with E-state index in [9.17, 15) is 9.90 Å². The van der Waals surface area contributed by atoms with Crippen molar-refractivity contribution in [1.82, 2.24) is 0 Å². The predicted molar refractivity (Wildman–Crippen MR) is 62.3 cm³/mol. The first kappa shape index (κ1) is 15.6. The molecule has 2 heterocycles. The van der Waals surface area contributed by atoms with Gasteiger partial charge in [0.05, 0.1) is 6.61 Å². The van der Waals surface area contributed by atoms with Crippen molar-refractivity contribution in [1.29, 1.82) is 0 Å². The van der Waals surface area contributed by atoms with Gasteiger partial charge in [-0.05, 0) is 13.8 Å². The number of hydrogen-bond donors (Lipinski definition) is 2. The second kappa shape index (κ2) is 5.19. The number of rotatable bonds is 4. The minimum atomic E-state index is -2.30. The molecule has 2 saturated heterocycles. The number of aliphatic hydroxyl groups is 2. The molecule has 2 aliphatic rings. The van der Waals surface area contributed by atoms with E-state index in [2.05, 4.69) is 0 Å². The SMILES string of the molecule is CC(=O)OC[C@]1(F)[C@@H]([C@@H](O)CO)O[C@@H]2OC(C)(C)O[C@@H]21. The Morgan fingerprint density at radius 1 is 1.45 bits per heavy atom. The van der Waals surface area contributed by atoms with Crippen molar-refractivity contribution < 1.29 is 38.3 Å². The number of halogens is 1. The summed E-state index contributed by atoms with van der Waals surface area (Å²) >= 11 is 0. The molecule has 0 spiro atoms. The quantitative estimate of drug-likeness (QED) is 0.674. The normalized spacial score (nSPS) is 40.4. The summed E-state index contributed by atoms with van der Waals surface area (Å²) in [4.78, 5) is 10.9.